The fourth-order valence-corrected chi connectivity index (χ4v) is 2.41. The van der Waals surface area contributed by atoms with Crippen molar-refractivity contribution in [1.29, 1.82) is 0 Å². The summed E-state index contributed by atoms with van der Waals surface area (Å²) in [4.78, 5) is 0. The second-order valence-corrected chi connectivity index (χ2v) is 15.3. The quantitative estimate of drug-likeness (QED) is 0.337. The van der Waals surface area contributed by atoms with Crippen LogP contribution in [0.4, 0.5) is 0 Å². The van der Waals surface area contributed by atoms with Gasteiger partial charge in [-0.25, -0.2) is 8.42 Å². The van der Waals surface area contributed by atoms with Gasteiger partial charge in [0.05, 0.1) is 0 Å². The molecule has 0 bridgehead atoms. The molecule has 0 aromatic rings. The fourth-order valence-electron chi connectivity index (χ4n) is 1.72. The summed E-state index contributed by atoms with van der Waals surface area (Å²) in [7, 11) is -1.54. The Morgan fingerprint density at radius 1 is 1.47 bits per heavy atom. The average molecular weight is 499 g/mol. The van der Waals surface area contributed by atoms with Crippen molar-refractivity contribution in [3.63, 3.8) is 0 Å². The normalized spacial score (nSPS) is 20.9. The first kappa shape index (κ1) is 16.9. The Kier molecular flexibility index (Phi) is 11.2. The van der Waals surface area contributed by atoms with Gasteiger partial charge in [-0.05, 0) is 6.42 Å². The van der Waals surface area contributed by atoms with Gasteiger partial charge in [-0.1, -0.05) is 19.3 Å². The zero-order valence-electron chi connectivity index (χ0n) is 8.73. The topological polar surface area (TPSA) is 34.1 Å². The molecule has 0 amide bonds. The third-order valence-electron chi connectivity index (χ3n) is 2.37. The van der Waals surface area contributed by atoms with E-state index in [2.05, 4.69) is 47.1 Å². The zero-order valence-corrected chi connectivity index (χ0v) is 15.0. The van der Waals surface area contributed by atoms with Crippen LogP contribution in [-0.4, -0.2) is 20.4 Å². The molecular weight excluding hydrogens is 482 g/mol. The molecule has 1 saturated carbocycles. The monoisotopic (exact) mass is 499 g/mol. The van der Waals surface area contributed by atoms with Gasteiger partial charge in [-0.2, -0.15) is 12.3 Å². The van der Waals surface area contributed by atoms with Gasteiger partial charge in [0.2, 0.25) is 0 Å². The first-order valence-electron chi connectivity index (χ1n) is 4.86. The second-order valence-electron chi connectivity index (χ2n) is 3.75. The molecule has 1 unspecified atom stereocenters. The van der Waals surface area contributed by atoms with Crippen molar-refractivity contribution in [3.05, 3.63) is 6.42 Å². The molecule has 0 spiro atoms. The van der Waals surface area contributed by atoms with E-state index in [9.17, 15) is 8.42 Å². The third kappa shape index (κ3) is 12.2. The minimum atomic E-state index is -2.73. The van der Waals surface area contributed by atoms with Crippen LogP contribution in [0.3, 0.4) is 0 Å². The Morgan fingerprint density at radius 2 is 2.07 bits per heavy atom. The van der Waals surface area contributed by atoms with Gasteiger partial charge in [0.1, 0.15) is 9.84 Å². The molecule has 1 aliphatic rings. The van der Waals surface area contributed by atoms with Crippen LogP contribution in [0.15, 0.2) is 0 Å². The number of rotatable bonds is 4. The van der Waals surface area contributed by atoms with Gasteiger partial charge < -0.3 is 6.42 Å². The molecule has 1 fully saturated rings. The minimum absolute atomic E-state index is 0.358. The van der Waals surface area contributed by atoms with Crippen molar-refractivity contribution in [3.8, 4) is 0 Å². The van der Waals surface area contributed by atoms with E-state index in [1.807, 2.05) is 0 Å². The maximum atomic E-state index is 10.8. The van der Waals surface area contributed by atoms with E-state index in [0.717, 1.165) is 12.8 Å². The molecule has 0 aromatic heterocycles. The van der Waals surface area contributed by atoms with Crippen LogP contribution in [0, 0.1) is 12.3 Å². The van der Waals surface area contributed by atoms with E-state index in [1.165, 1.54) is 34.0 Å². The summed E-state index contributed by atoms with van der Waals surface area (Å²) in [6.45, 7) is 0. The van der Waals surface area contributed by atoms with Gasteiger partial charge >= 0.3 is 49.1 Å². The Hall–Kier alpha value is 1.93. The fraction of sp³-hybridized carbons (Fsp3) is 0.889. The van der Waals surface area contributed by atoms with Crippen LogP contribution in [0.5, 0.6) is 0 Å². The molecule has 1 rings (SSSR count). The van der Waals surface area contributed by atoms with Crippen molar-refractivity contribution in [1.82, 2.24) is 0 Å². The maximum absolute atomic E-state index is 10.8. The molecule has 0 aromatic carbocycles. The molecule has 2 nitrogen and oxygen atoms in total. The van der Waals surface area contributed by atoms with E-state index in [-0.39, 0.29) is 0 Å². The number of sulfone groups is 1. The molecular formula is C9H17FeI2O2S. The van der Waals surface area contributed by atoms with Crippen LogP contribution in [0.1, 0.15) is 32.1 Å². The van der Waals surface area contributed by atoms with Gasteiger partial charge in [0, 0.05) is 12.0 Å². The van der Waals surface area contributed by atoms with Crippen molar-refractivity contribution in [2.24, 2.45) is 5.92 Å². The molecule has 0 N–H and O–H groups in total. The predicted octanol–water partition coefficient (Wildman–Crippen LogP) is 3.58. The average Bonchev–Trinajstić information content (AvgIpc) is 2.55. The number of hydrogen-bond acceptors (Lipinski definition) is 2. The van der Waals surface area contributed by atoms with Crippen molar-refractivity contribution < 1.29 is 16.9 Å². The molecule has 15 heavy (non-hydrogen) atoms. The molecule has 0 heterocycles. The Morgan fingerprint density at radius 3 is 2.47 bits per heavy atom. The van der Waals surface area contributed by atoms with E-state index < -0.39 is 9.84 Å². The van der Waals surface area contributed by atoms with E-state index in [4.69, 9.17) is 0 Å². The number of halogens is 2. The molecule has 1 aliphatic carbocycles. The summed E-state index contributed by atoms with van der Waals surface area (Å²) in [6.07, 6.45) is 9.33. The Labute approximate surface area is 122 Å². The van der Waals surface area contributed by atoms with E-state index >= 15 is 0 Å². The predicted molar refractivity (Wildman–Crippen MR) is 78.6 cm³/mol. The van der Waals surface area contributed by atoms with Crippen LogP contribution in [-0.2, 0) is 18.3 Å². The van der Waals surface area contributed by atoms with Crippen LogP contribution < -0.4 is 0 Å². The summed E-state index contributed by atoms with van der Waals surface area (Å²) in [6, 6.07) is 0. The van der Waals surface area contributed by atoms with E-state index in [1.54, 1.807) is 0 Å². The van der Waals surface area contributed by atoms with Gasteiger partial charge in [-0.3, -0.25) is 0 Å². The Balaban J connectivity index is 0.000000583. The molecule has 0 radical (unpaired) electrons. The summed E-state index contributed by atoms with van der Waals surface area (Å²) < 4.78 is 21.6. The third-order valence-corrected chi connectivity index (χ3v) is 3.40. The Bertz CT molecular complexity index is 238. The van der Waals surface area contributed by atoms with Crippen molar-refractivity contribution in [2.75, 3.05) is 12.0 Å². The molecule has 0 aliphatic heterocycles. The number of hydrogen-bond donors (Lipinski definition) is 0. The summed E-state index contributed by atoms with van der Waals surface area (Å²) >= 11 is 4.55. The van der Waals surface area contributed by atoms with Crippen LogP contribution >= 0.6 is 40.7 Å². The van der Waals surface area contributed by atoms with Gasteiger partial charge in [-0.15, -0.1) is 0 Å². The summed E-state index contributed by atoms with van der Waals surface area (Å²) in [5.74, 6) is 1.06. The first-order valence-corrected chi connectivity index (χ1v) is 14.0. The first-order chi connectivity index (χ1) is 6.99. The van der Waals surface area contributed by atoms with Crippen LogP contribution in [0.2, 0.25) is 0 Å². The molecule has 93 valence electrons. The molecule has 0 saturated heterocycles. The van der Waals surface area contributed by atoms with Gasteiger partial charge in [0.25, 0.3) is 0 Å². The molecule has 6 heteroatoms. The summed E-state index contributed by atoms with van der Waals surface area (Å²) in [5, 5.41) is 0. The SMILES string of the molecule is CS(=O)(=O)CCCC1[CH-]CCC1.[I][Fe+][I]. The molecule has 1 atom stereocenters. The second kappa shape index (κ2) is 9.91. The standard InChI is InChI=1S/C9H17O2S.Fe.2HI/c1-12(10,11)8-4-7-9-5-2-3-6-9;;;/h5,9H,2-4,6-8H2,1H3;;2*1H/q-1;+3;;/p-2. The van der Waals surface area contributed by atoms with Crippen molar-refractivity contribution >= 4 is 50.5 Å². The van der Waals surface area contributed by atoms with Crippen molar-refractivity contribution in [2.45, 2.75) is 32.1 Å². The van der Waals surface area contributed by atoms with Crippen LogP contribution in [0.25, 0.3) is 0 Å². The van der Waals surface area contributed by atoms with E-state index in [0.29, 0.717) is 11.7 Å². The van der Waals surface area contributed by atoms with Gasteiger partial charge in [0.15, 0.2) is 0 Å². The summed E-state index contributed by atoms with van der Waals surface area (Å²) in [5.41, 5.74) is 0. The zero-order chi connectivity index (χ0) is 11.7.